The summed E-state index contributed by atoms with van der Waals surface area (Å²) in [4.78, 5) is 2.30. The summed E-state index contributed by atoms with van der Waals surface area (Å²) in [6, 6.07) is 62.6. The van der Waals surface area contributed by atoms with Crippen molar-refractivity contribution in [2.75, 3.05) is 4.90 Å². The van der Waals surface area contributed by atoms with E-state index in [1.807, 2.05) is 35.6 Å². The molecule has 0 fully saturated rings. The second-order valence-electron chi connectivity index (χ2n) is 13.3. The van der Waals surface area contributed by atoms with Crippen LogP contribution in [0.4, 0.5) is 17.1 Å². The number of thiophene rings is 1. The fourth-order valence-electron chi connectivity index (χ4n) is 7.75. The van der Waals surface area contributed by atoms with E-state index in [-0.39, 0.29) is 0 Å². The molecule has 3 nitrogen and oxygen atoms in total. The summed E-state index contributed by atoms with van der Waals surface area (Å²) in [5, 5.41) is 7.10. The van der Waals surface area contributed by atoms with Gasteiger partial charge in [0.05, 0.1) is 5.69 Å². The summed E-state index contributed by atoms with van der Waals surface area (Å²) in [5.41, 5.74) is 11.3. The molecule has 8 aromatic carbocycles. The van der Waals surface area contributed by atoms with Gasteiger partial charge in [0.2, 0.25) is 0 Å². The SMILES string of the molecule is c1ccc2c(c1)oc1cc(-c3ccc(N(c4ccc(-c5ccc6sc7ccccc7c6c5)cc4)c4cccc5c4oc4ccccc45)cc3)ccc12. The van der Waals surface area contributed by atoms with Gasteiger partial charge >= 0.3 is 0 Å². The minimum absolute atomic E-state index is 0.863. The summed E-state index contributed by atoms with van der Waals surface area (Å²) < 4.78 is 15.4. The smallest absolute Gasteiger partial charge is 0.159 e. The molecule has 3 aromatic heterocycles. The molecule has 3 heterocycles. The van der Waals surface area contributed by atoms with Gasteiger partial charge in [-0.05, 0) is 95.1 Å². The van der Waals surface area contributed by atoms with Gasteiger partial charge in [0, 0.05) is 53.1 Å². The number of nitrogens with zero attached hydrogens (tertiary/aromatic N) is 1. The summed E-state index contributed by atoms with van der Waals surface area (Å²) in [6.45, 7) is 0. The van der Waals surface area contributed by atoms with Gasteiger partial charge in [0.1, 0.15) is 16.7 Å². The third-order valence-electron chi connectivity index (χ3n) is 10.3. The number of para-hydroxylation sites is 3. The van der Waals surface area contributed by atoms with Crippen molar-refractivity contribution in [1.82, 2.24) is 0 Å². The van der Waals surface area contributed by atoms with E-state index in [4.69, 9.17) is 8.83 Å². The Morgan fingerprint density at radius 1 is 0.346 bits per heavy atom. The van der Waals surface area contributed by atoms with E-state index in [1.165, 1.54) is 31.3 Å². The van der Waals surface area contributed by atoms with Crippen LogP contribution in [-0.2, 0) is 0 Å². The van der Waals surface area contributed by atoms with Crippen LogP contribution in [-0.4, -0.2) is 0 Å². The number of furan rings is 2. The molecule has 0 amide bonds. The standard InChI is InChI=1S/C48H29NO2S/c1-4-13-43-36(8-1)38-26-20-33(29-45(38)50-43)31-18-24-35(25-19-31)49(42-12-7-11-40-37-9-2-5-14-44(37)51-48(40)42)34-22-16-30(17-23-34)32-21-27-47-41(28-32)39-10-3-6-15-46(39)52-47/h1-29H. The summed E-state index contributed by atoms with van der Waals surface area (Å²) in [7, 11) is 0. The van der Waals surface area contributed by atoms with Crippen LogP contribution in [0.3, 0.4) is 0 Å². The van der Waals surface area contributed by atoms with Crippen LogP contribution in [0.25, 0.3) is 86.3 Å². The van der Waals surface area contributed by atoms with Crippen molar-refractivity contribution in [1.29, 1.82) is 0 Å². The van der Waals surface area contributed by atoms with Gasteiger partial charge in [-0.25, -0.2) is 0 Å². The maximum Gasteiger partial charge on any atom is 0.159 e. The number of hydrogen-bond acceptors (Lipinski definition) is 4. The fourth-order valence-corrected chi connectivity index (χ4v) is 8.84. The second-order valence-corrected chi connectivity index (χ2v) is 14.4. The maximum atomic E-state index is 6.58. The highest BCUT2D eigenvalue weighted by atomic mass is 32.1. The molecule has 244 valence electrons. The molecule has 0 atom stereocenters. The van der Waals surface area contributed by atoms with Gasteiger partial charge in [-0.3, -0.25) is 0 Å². The maximum absolute atomic E-state index is 6.58. The van der Waals surface area contributed by atoms with Crippen molar-refractivity contribution < 1.29 is 8.83 Å². The van der Waals surface area contributed by atoms with E-state index >= 15 is 0 Å². The molecular weight excluding hydrogens is 655 g/mol. The van der Waals surface area contributed by atoms with E-state index in [0.29, 0.717) is 0 Å². The predicted octanol–water partition coefficient (Wildman–Crippen LogP) is 14.7. The Morgan fingerprint density at radius 3 is 1.63 bits per heavy atom. The summed E-state index contributed by atoms with van der Waals surface area (Å²) >= 11 is 1.85. The number of anilines is 3. The van der Waals surface area contributed by atoms with Crippen LogP contribution >= 0.6 is 11.3 Å². The molecule has 0 N–H and O–H groups in total. The predicted molar refractivity (Wildman–Crippen MR) is 219 cm³/mol. The number of fused-ring (bicyclic) bond motifs is 9. The van der Waals surface area contributed by atoms with E-state index in [2.05, 4.69) is 157 Å². The minimum Gasteiger partial charge on any atom is -0.456 e. The first-order valence-electron chi connectivity index (χ1n) is 17.5. The quantitative estimate of drug-likeness (QED) is 0.181. The van der Waals surface area contributed by atoms with Crippen LogP contribution in [0, 0.1) is 0 Å². The van der Waals surface area contributed by atoms with Gasteiger partial charge in [-0.15, -0.1) is 11.3 Å². The molecule has 4 heteroatoms. The molecule has 0 radical (unpaired) electrons. The first kappa shape index (κ1) is 29.1. The molecule has 0 aliphatic rings. The average molecular weight is 684 g/mol. The number of benzene rings is 8. The Hall–Kier alpha value is -6.62. The van der Waals surface area contributed by atoms with Crippen molar-refractivity contribution in [3.05, 3.63) is 176 Å². The Balaban J connectivity index is 1.02. The van der Waals surface area contributed by atoms with E-state index in [9.17, 15) is 0 Å². The lowest BCUT2D eigenvalue weighted by molar-refractivity contribution is 0.668. The lowest BCUT2D eigenvalue weighted by atomic mass is 10.0. The molecule has 0 saturated heterocycles. The molecule has 11 rings (SSSR count). The Morgan fingerprint density at radius 2 is 0.885 bits per heavy atom. The first-order chi connectivity index (χ1) is 25.7. The van der Waals surface area contributed by atoms with Crippen LogP contribution in [0.2, 0.25) is 0 Å². The van der Waals surface area contributed by atoms with E-state index in [1.54, 1.807) is 0 Å². The normalized spacial score (nSPS) is 11.8. The van der Waals surface area contributed by atoms with Gasteiger partial charge in [0.25, 0.3) is 0 Å². The van der Waals surface area contributed by atoms with Crippen molar-refractivity contribution in [3.8, 4) is 22.3 Å². The molecule has 0 bridgehead atoms. The van der Waals surface area contributed by atoms with Crippen molar-refractivity contribution in [2.24, 2.45) is 0 Å². The number of hydrogen-bond donors (Lipinski definition) is 0. The van der Waals surface area contributed by atoms with Crippen molar-refractivity contribution in [2.45, 2.75) is 0 Å². The van der Waals surface area contributed by atoms with Gasteiger partial charge in [0.15, 0.2) is 5.58 Å². The highest BCUT2D eigenvalue weighted by Crippen LogP contribution is 2.44. The summed E-state index contributed by atoms with van der Waals surface area (Å²) in [6.07, 6.45) is 0. The molecule has 0 aliphatic heterocycles. The lowest BCUT2D eigenvalue weighted by Gasteiger charge is -2.26. The second kappa shape index (κ2) is 11.5. The zero-order chi connectivity index (χ0) is 34.2. The molecule has 11 aromatic rings. The third-order valence-corrected chi connectivity index (χ3v) is 11.4. The van der Waals surface area contributed by atoms with Gasteiger partial charge in [-0.1, -0.05) is 103 Å². The summed E-state index contributed by atoms with van der Waals surface area (Å²) in [5.74, 6) is 0. The lowest BCUT2D eigenvalue weighted by Crippen LogP contribution is -2.10. The Bertz CT molecular complexity index is 3130. The third kappa shape index (κ3) is 4.58. The molecular formula is C48H29NO2S. The van der Waals surface area contributed by atoms with E-state index in [0.717, 1.165) is 72.1 Å². The molecule has 0 aliphatic carbocycles. The van der Waals surface area contributed by atoms with Crippen LogP contribution in [0.5, 0.6) is 0 Å². The average Bonchev–Trinajstić information content (AvgIpc) is 3.90. The highest BCUT2D eigenvalue weighted by molar-refractivity contribution is 7.25. The molecule has 0 spiro atoms. The number of rotatable bonds is 5. The largest absolute Gasteiger partial charge is 0.456 e. The van der Waals surface area contributed by atoms with Crippen LogP contribution in [0.15, 0.2) is 185 Å². The zero-order valence-electron chi connectivity index (χ0n) is 27.9. The van der Waals surface area contributed by atoms with Crippen molar-refractivity contribution in [3.63, 3.8) is 0 Å². The molecule has 52 heavy (non-hydrogen) atoms. The Labute approximate surface area is 303 Å². The first-order valence-corrected chi connectivity index (χ1v) is 18.3. The van der Waals surface area contributed by atoms with Gasteiger partial charge < -0.3 is 13.7 Å². The topological polar surface area (TPSA) is 29.5 Å². The highest BCUT2D eigenvalue weighted by Gasteiger charge is 2.20. The van der Waals surface area contributed by atoms with Crippen LogP contribution in [0.1, 0.15) is 0 Å². The monoisotopic (exact) mass is 683 g/mol. The minimum atomic E-state index is 0.863. The van der Waals surface area contributed by atoms with Crippen molar-refractivity contribution >= 4 is 92.4 Å². The Kier molecular flexibility index (Phi) is 6.42. The molecule has 0 unspecified atom stereocenters. The molecule has 0 saturated carbocycles. The van der Waals surface area contributed by atoms with Crippen LogP contribution < -0.4 is 4.90 Å². The van der Waals surface area contributed by atoms with E-state index < -0.39 is 0 Å². The fraction of sp³-hybridized carbons (Fsp3) is 0. The van der Waals surface area contributed by atoms with Gasteiger partial charge in [-0.2, -0.15) is 0 Å². The zero-order valence-corrected chi connectivity index (χ0v) is 28.7.